The smallest absolute Gasteiger partial charge is 0.269 e. The summed E-state index contributed by atoms with van der Waals surface area (Å²) in [5.74, 6) is -0.312. The van der Waals surface area contributed by atoms with Gasteiger partial charge < -0.3 is 14.8 Å². The van der Waals surface area contributed by atoms with Gasteiger partial charge in [0.15, 0.2) is 0 Å². The number of nitrogens with zero attached hydrogens (tertiary/aromatic N) is 1. The first kappa shape index (κ1) is 15.1. The second kappa shape index (κ2) is 7.45. The van der Waals surface area contributed by atoms with E-state index < -0.39 is 4.92 Å². The summed E-state index contributed by atoms with van der Waals surface area (Å²) >= 11 is 0. The van der Waals surface area contributed by atoms with E-state index in [1.165, 1.54) is 18.2 Å². The van der Waals surface area contributed by atoms with Crippen molar-refractivity contribution in [2.75, 3.05) is 32.2 Å². The quantitative estimate of drug-likeness (QED) is 0.460. The van der Waals surface area contributed by atoms with E-state index in [0.29, 0.717) is 24.5 Å². The molecule has 0 heterocycles. The molecule has 19 heavy (non-hydrogen) atoms. The number of nitro benzene ring substituents is 1. The van der Waals surface area contributed by atoms with Crippen LogP contribution in [0.3, 0.4) is 0 Å². The Morgan fingerprint density at radius 3 is 2.74 bits per heavy atom. The summed E-state index contributed by atoms with van der Waals surface area (Å²) in [6.45, 7) is 2.36. The molecule has 7 heteroatoms. The summed E-state index contributed by atoms with van der Waals surface area (Å²) in [6.07, 6.45) is 0. The largest absolute Gasteiger partial charge is 0.382 e. The molecular formula is C12H16N2O5. The summed E-state index contributed by atoms with van der Waals surface area (Å²) in [5.41, 5.74) is 1.15. The Hall–Kier alpha value is -1.99. The van der Waals surface area contributed by atoms with Gasteiger partial charge in [0.2, 0.25) is 5.91 Å². The number of benzene rings is 1. The number of nitro groups is 1. The average molecular weight is 268 g/mol. The molecule has 0 bridgehead atoms. The highest BCUT2D eigenvalue weighted by Crippen LogP contribution is 2.20. The summed E-state index contributed by atoms with van der Waals surface area (Å²) in [7, 11) is 1.55. The highest BCUT2D eigenvalue weighted by atomic mass is 16.6. The van der Waals surface area contributed by atoms with Crippen LogP contribution in [0.25, 0.3) is 0 Å². The van der Waals surface area contributed by atoms with Gasteiger partial charge in [-0.25, -0.2) is 0 Å². The molecule has 0 aliphatic carbocycles. The first-order valence-corrected chi connectivity index (χ1v) is 5.66. The highest BCUT2D eigenvalue weighted by Gasteiger charge is 2.10. The third-order valence-electron chi connectivity index (χ3n) is 2.36. The maximum absolute atomic E-state index is 11.5. The molecule has 0 atom stereocenters. The molecule has 7 nitrogen and oxygen atoms in total. The van der Waals surface area contributed by atoms with E-state index in [4.69, 9.17) is 9.47 Å². The number of methoxy groups -OCH3 is 1. The number of carbonyl (C=O) groups is 1. The lowest BCUT2D eigenvalue weighted by atomic mass is 10.2. The topological polar surface area (TPSA) is 90.7 Å². The monoisotopic (exact) mass is 268 g/mol. The number of rotatable bonds is 7. The molecule has 0 saturated carbocycles. The zero-order chi connectivity index (χ0) is 14.3. The fraction of sp³-hybridized carbons (Fsp3) is 0.417. The van der Waals surface area contributed by atoms with E-state index in [-0.39, 0.29) is 18.2 Å². The summed E-state index contributed by atoms with van der Waals surface area (Å²) in [5, 5.41) is 13.2. The Morgan fingerprint density at radius 1 is 1.42 bits per heavy atom. The van der Waals surface area contributed by atoms with Gasteiger partial charge in [-0.15, -0.1) is 0 Å². The number of nitrogens with one attached hydrogen (secondary N) is 1. The highest BCUT2D eigenvalue weighted by molar-refractivity contribution is 5.92. The Bertz CT molecular complexity index is 461. The second-order valence-corrected chi connectivity index (χ2v) is 3.85. The SMILES string of the molecule is COCCOCC(=O)Nc1ccc([N+](=O)[O-])cc1C. The lowest BCUT2D eigenvalue weighted by Crippen LogP contribution is -2.20. The second-order valence-electron chi connectivity index (χ2n) is 3.85. The van der Waals surface area contributed by atoms with Crippen LogP contribution >= 0.6 is 0 Å². The fourth-order valence-corrected chi connectivity index (χ4v) is 1.40. The molecule has 0 radical (unpaired) electrons. The van der Waals surface area contributed by atoms with Gasteiger partial charge in [-0.3, -0.25) is 14.9 Å². The van der Waals surface area contributed by atoms with Gasteiger partial charge in [0.05, 0.1) is 18.1 Å². The van der Waals surface area contributed by atoms with E-state index in [1.807, 2.05) is 0 Å². The number of aryl methyl sites for hydroxylation is 1. The number of non-ortho nitro benzene ring substituents is 1. The number of anilines is 1. The minimum atomic E-state index is -0.480. The van der Waals surface area contributed by atoms with Gasteiger partial charge >= 0.3 is 0 Å². The Balaban J connectivity index is 2.52. The maximum Gasteiger partial charge on any atom is 0.269 e. The molecule has 0 saturated heterocycles. The van der Waals surface area contributed by atoms with Crippen molar-refractivity contribution in [3.8, 4) is 0 Å². The number of ether oxygens (including phenoxy) is 2. The molecule has 1 aromatic rings. The molecule has 0 fully saturated rings. The number of hydrogen-bond donors (Lipinski definition) is 1. The van der Waals surface area contributed by atoms with E-state index in [1.54, 1.807) is 14.0 Å². The van der Waals surface area contributed by atoms with Crippen LogP contribution in [0.5, 0.6) is 0 Å². The minimum absolute atomic E-state index is 0.00755. The third-order valence-corrected chi connectivity index (χ3v) is 2.36. The van der Waals surface area contributed by atoms with Gasteiger partial charge in [-0.2, -0.15) is 0 Å². The predicted molar refractivity (Wildman–Crippen MR) is 69.2 cm³/mol. The normalized spacial score (nSPS) is 10.2. The van der Waals surface area contributed by atoms with Gasteiger partial charge in [-0.1, -0.05) is 0 Å². The molecule has 0 aliphatic rings. The molecule has 1 N–H and O–H groups in total. The molecular weight excluding hydrogens is 252 g/mol. The van der Waals surface area contributed by atoms with Crippen LogP contribution in [0.15, 0.2) is 18.2 Å². The molecule has 1 aromatic carbocycles. The Morgan fingerprint density at radius 2 is 2.16 bits per heavy atom. The number of hydrogen-bond acceptors (Lipinski definition) is 5. The lowest BCUT2D eigenvalue weighted by Gasteiger charge is -2.08. The van der Waals surface area contributed by atoms with Crippen LogP contribution in [0.4, 0.5) is 11.4 Å². The Kier molecular flexibility index (Phi) is 5.91. The number of carbonyl (C=O) groups excluding carboxylic acids is 1. The first-order valence-electron chi connectivity index (χ1n) is 5.66. The number of amides is 1. The van der Waals surface area contributed by atoms with Crippen LogP contribution in [-0.4, -0.2) is 37.8 Å². The van der Waals surface area contributed by atoms with Crippen molar-refractivity contribution in [1.82, 2.24) is 0 Å². The van der Waals surface area contributed by atoms with Crippen molar-refractivity contribution in [2.45, 2.75) is 6.92 Å². The Labute approximate surface area is 110 Å². The summed E-state index contributed by atoms with van der Waals surface area (Å²) < 4.78 is 9.84. The van der Waals surface area contributed by atoms with Crippen LogP contribution in [0.2, 0.25) is 0 Å². The first-order chi connectivity index (χ1) is 9.04. The van der Waals surface area contributed by atoms with Crippen molar-refractivity contribution in [2.24, 2.45) is 0 Å². The molecule has 1 amide bonds. The molecule has 1 rings (SSSR count). The van der Waals surface area contributed by atoms with Crippen molar-refractivity contribution >= 4 is 17.3 Å². The van der Waals surface area contributed by atoms with Crippen molar-refractivity contribution in [1.29, 1.82) is 0 Å². The van der Waals surface area contributed by atoms with E-state index in [0.717, 1.165) is 0 Å². The zero-order valence-corrected chi connectivity index (χ0v) is 10.8. The minimum Gasteiger partial charge on any atom is -0.382 e. The van der Waals surface area contributed by atoms with Crippen LogP contribution in [-0.2, 0) is 14.3 Å². The molecule has 0 spiro atoms. The standard InChI is InChI=1S/C12H16N2O5/c1-9-7-10(14(16)17)3-4-11(9)13-12(15)8-19-6-5-18-2/h3-4,7H,5-6,8H2,1-2H3,(H,13,15). The fourth-order valence-electron chi connectivity index (χ4n) is 1.40. The van der Waals surface area contributed by atoms with Crippen LogP contribution in [0, 0.1) is 17.0 Å². The maximum atomic E-state index is 11.5. The van der Waals surface area contributed by atoms with Crippen molar-refractivity contribution < 1.29 is 19.2 Å². The van der Waals surface area contributed by atoms with E-state index >= 15 is 0 Å². The third kappa shape index (κ3) is 5.02. The van der Waals surface area contributed by atoms with Crippen molar-refractivity contribution in [3.05, 3.63) is 33.9 Å². The van der Waals surface area contributed by atoms with Crippen LogP contribution in [0.1, 0.15) is 5.56 Å². The van der Waals surface area contributed by atoms with Crippen molar-refractivity contribution in [3.63, 3.8) is 0 Å². The van der Waals surface area contributed by atoms with Crippen LogP contribution < -0.4 is 5.32 Å². The van der Waals surface area contributed by atoms with E-state index in [9.17, 15) is 14.9 Å². The molecule has 0 aliphatic heterocycles. The molecule has 104 valence electrons. The molecule has 0 aromatic heterocycles. The lowest BCUT2D eigenvalue weighted by molar-refractivity contribution is -0.384. The zero-order valence-electron chi connectivity index (χ0n) is 10.8. The van der Waals surface area contributed by atoms with Gasteiger partial charge in [0.25, 0.3) is 5.69 Å². The van der Waals surface area contributed by atoms with Gasteiger partial charge in [0.1, 0.15) is 6.61 Å². The van der Waals surface area contributed by atoms with Gasteiger partial charge in [-0.05, 0) is 18.6 Å². The summed E-state index contributed by atoms with van der Waals surface area (Å²) in [6, 6.07) is 4.25. The molecule has 0 unspecified atom stereocenters. The van der Waals surface area contributed by atoms with E-state index in [2.05, 4.69) is 5.32 Å². The van der Waals surface area contributed by atoms with Gasteiger partial charge in [0, 0.05) is 24.9 Å². The average Bonchev–Trinajstić information content (AvgIpc) is 2.37. The predicted octanol–water partition coefficient (Wildman–Crippen LogP) is 1.50. The summed E-state index contributed by atoms with van der Waals surface area (Å²) in [4.78, 5) is 21.6.